The molecule has 0 aliphatic carbocycles. The van der Waals surface area contributed by atoms with Crippen LogP contribution in [0, 0.1) is 13.8 Å². The Morgan fingerprint density at radius 1 is 1.16 bits per heavy atom. The molecule has 25 heavy (non-hydrogen) atoms. The number of nitrogens with zero attached hydrogens (tertiary/aromatic N) is 4. The quantitative estimate of drug-likeness (QED) is 0.779. The van der Waals surface area contributed by atoms with Gasteiger partial charge in [-0.15, -0.1) is 11.3 Å². The van der Waals surface area contributed by atoms with Gasteiger partial charge in [0.2, 0.25) is 5.91 Å². The molecule has 0 radical (unpaired) electrons. The molecule has 2 aromatic rings. The van der Waals surface area contributed by atoms with E-state index in [-0.39, 0.29) is 11.9 Å². The molecule has 7 nitrogen and oxygen atoms in total. The third kappa shape index (κ3) is 3.30. The van der Waals surface area contributed by atoms with Crippen LogP contribution in [0.1, 0.15) is 34.9 Å². The molecule has 0 saturated carbocycles. The summed E-state index contributed by atoms with van der Waals surface area (Å²) < 4.78 is 5.16. The van der Waals surface area contributed by atoms with Crippen LogP contribution in [0.5, 0.6) is 0 Å². The summed E-state index contributed by atoms with van der Waals surface area (Å²) in [5.41, 5.74) is 0.863. The lowest BCUT2D eigenvalue weighted by atomic mass is 10.2. The van der Waals surface area contributed by atoms with E-state index in [9.17, 15) is 9.59 Å². The van der Waals surface area contributed by atoms with E-state index in [1.807, 2.05) is 18.7 Å². The SMILES string of the molecule is CCOC(=O)c1sc2nc(C)nc(N3CCN(C(C)=O)CC3)c2c1C. The van der Waals surface area contributed by atoms with Gasteiger partial charge >= 0.3 is 5.97 Å². The molecule has 8 heteroatoms. The molecule has 0 N–H and O–H groups in total. The number of piperazine rings is 1. The zero-order chi connectivity index (χ0) is 18.1. The van der Waals surface area contributed by atoms with Crippen LogP contribution in [0.3, 0.4) is 0 Å². The number of rotatable bonds is 3. The second-order valence-corrected chi connectivity index (χ2v) is 7.04. The summed E-state index contributed by atoms with van der Waals surface area (Å²) in [6, 6.07) is 0. The first-order chi connectivity index (χ1) is 11.9. The summed E-state index contributed by atoms with van der Waals surface area (Å²) >= 11 is 1.35. The van der Waals surface area contributed by atoms with E-state index < -0.39 is 0 Å². The number of fused-ring (bicyclic) bond motifs is 1. The molecule has 0 atom stereocenters. The highest BCUT2D eigenvalue weighted by Gasteiger charge is 2.26. The van der Waals surface area contributed by atoms with Crippen LogP contribution >= 0.6 is 11.3 Å². The molecule has 0 bridgehead atoms. The van der Waals surface area contributed by atoms with Crippen LogP contribution in [0.25, 0.3) is 10.2 Å². The monoisotopic (exact) mass is 362 g/mol. The Bertz CT molecular complexity index is 825. The number of esters is 1. The summed E-state index contributed by atoms with van der Waals surface area (Å²) in [7, 11) is 0. The summed E-state index contributed by atoms with van der Waals surface area (Å²) in [5, 5.41) is 0.912. The Labute approximate surface area is 150 Å². The lowest BCUT2D eigenvalue weighted by Gasteiger charge is -2.35. The highest BCUT2D eigenvalue weighted by molar-refractivity contribution is 7.20. The van der Waals surface area contributed by atoms with Gasteiger partial charge in [-0.2, -0.15) is 0 Å². The number of aromatic nitrogens is 2. The summed E-state index contributed by atoms with van der Waals surface area (Å²) in [5.74, 6) is 1.30. The van der Waals surface area contributed by atoms with E-state index in [0.717, 1.165) is 34.7 Å². The van der Waals surface area contributed by atoms with Gasteiger partial charge in [-0.1, -0.05) is 0 Å². The summed E-state index contributed by atoms with van der Waals surface area (Å²) in [6.07, 6.45) is 0. The van der Waals surface area contributed by atoms with E-state index >= 15 is 0 Å². The van der Waals surface area contributed by atoms with Crippen LogP contribution < -0.4 is 4.90 Å². The largest absolute Gasteiger partial charge is 0.462 e. The van der Waals surface area contributed by atoms with Crippen LogP contribution in [-0.4, -0.2) is 59.5 Å². The zero-order valence-electron chi connectivity index (χ0n) is 15.0. The van der Waals surface area contributed by atoms with Gasteiger partial charge in [0, 0.05) is 33.1 Å². The first-order valence-electron chi connectivity index (χ1n) is 8.37. The minimum absolute atomic E-state index is 0.0972. The molecule has 0 spiro atoms. The number of hydrogen-bond donors (Lipinski definition) is 0. The number of aryl methyl sites for hydroxylation is 2. The lowest BCUT2D eigenvalue weighted by molar-refractivity contribution is -0.129. The Kier molecular flexibility index (Phi) is 4.89. The van der Waals surface area contributed by atoms with Gasteiger partial charge in [0.05, 0.1) is 12.0 Å². The average molecular weight is 362 g/mol. The van der Waals surface area contributed by atoms with Crippen molar-refractivity contribution in [2.75, 3.05) is 37.7 Å². The van der Waals surface area contributed by atoms with Crippen molar-refractivity contribution in [3.8, 4) is 0 Å². The zero-order valence-corrected chi connectivity index (χ0v) is 15.8. The van der Waals surface area contributed by atoms with Crippen molar-refractivity contribution < 1.29 is 14.3 Å². The van der Waals surface area contributed by atoms with Crippen molar-refractivity contribution in [1.82, 2.24) is 14.9 Å². The molecule has 3 heterocycles. The summed E-state index contributed by atoms with van der Waals surface area (Å²) in [4.78, 5) is 38.3. The standard InChI is InChI=1S/C17H22N4O3S/c1-5-24-17(23)14-10(2)13-15(18-11(3)19-16(13)25-14)21-8-6-20(7-9-21)12(4)22/h5-9H2,1-4H3. The second-order valence-electron chi connectivity index (χ2n) is 6.04. The van der Waals surface area contributed by atoms with Crippen LogP contribution in [0.2, 0.25) is 0 Å². The highest BCUT2D eigenvalue weighted by atomic mass is 32.1. The molecule has 1 amide bonds. The van der Waals surface area contributed by atoms with Gasteiger partial charge < -0.3 is 14.5 Å². The number of thiophene rings is 1. The van der Waals surface area contributed by atoms with Crippen molar-refractivity contribution in [2.24, 2.45) is 0 Å². The lowest BCUT2D eigenvalue weighted by Crippen LogP contribution is -2.48. The molecule has 1 fully saturated rings. The maximum absolute atomic E-state index is 12.2. The molecule has 2 aromatic heterocycles. The Morgan fingerprint density at radius 2 is 1.84 bits per heavy atom. The van der Waals surface area contributed by atoms with Crippen molar-refractivity contribution in [1.29, 1.82) is 0 Å². The van der Waals surface area contributed by atoms with E-state index in [2.05, 4.69) is 14.9 Å². The van der Waals surface area contributed by atoms with Crippen LogP contribution in [0.15, 0.2) is 0 Å². The molecule has 1 saturated heterocycles. The van der Waals surface area contributed by atoms with Gasteiger partial charge in [-0.3, -0.25) is 4.79 Å². The van der Waals surface area contributed by atoms with E-state index in [4.69, 9.17) is 4.74 Å². The second kappa shape index (κ2) is 6.95. The number of hydrogen-bond acceptors (Lipinski definition) is 7. The topological polar surface area (TPSA) is 75.6 Å². The molecular formula is C17H22N4O3S. The van der Waals surface area contributed by atoms with Gasteiger partial charge in [0.15, 0.2) is 0 Å². The predicted octanol–water partition coefficient (Wildman–Crippen LogP) is 2.15. The number of ether oxygens (including phenoxy) is 1. The number of carbonyl (C=O) groups excluding carboxylic acids is 2. The minimum Gasteiger partial charge on any atom is -0.462 e. The Hall–Kier alpha value is -2.22. The van der Waals surface area contributed by atoms with E-state index in [1.54, 1.807) is 13.8 Å². The average Bonchev–Trinajstić information content (AvgIpc) is 2.91. The maximum atomic E-state index is 12.2. The molecule has 134 valence electrons. The highest BCUT2D eigenvalue weighted by Crippen LogP contribution is 2.36. The maximum Gasteiger partial charge on any atom is 0.348 e. The molecule has 0 aromatic carbocycles. The first-order valence-corrected chi connectivity index (χ1v) is 9.19. The van der Waals surface area contributed by atoms with Crippen molar-refractivity contribution in [3.05, 3.63) is 16.3 Å². The fourth-order valence-corrected chi connectivity index (χ4v) is 4.19. The third-order valence-electron chi connectivity index (χ3n) is 4.37. The van der Waals surface area contributed by atoms with Crippen LogP contribution in [-0.2, 0) is 9.53 Å². The van der Waals surface area contributed by atoms with Gasteiger partial charge in [-0.05, 0) is 26.3 Å². The van der Waals surface area contributed by atoms with Crippen LogP contribution in [0.4, 0.5) is 5.82 Å². The van der Waals surface area contributed by atoms with E-state index in [0.29, 0.717) is 30.4 Å². The Morgan fingerprint density at radius 3 is 2.44 bits per heavy atom. The molecular weight excluding hydrogens is 340 g/mol. The number of amides is 1. The van der Waals surface area contributed by atoms with Gasteiger partial charge in [0.25, 0.3) is 0 Å². The molecule has 0 unspecified atom stereocenters. The summed E-state index contributed by atoms with van der Waals surface area (Å²) in [6.45, 7) is 10.3. The van der Waals surface area contributed by atoms with Crippen molar-refractivity contribution in [2.45, 2.75) is 27.7 Å². The predicted molar refractivity (Wildman–Crippen MR) is 97.3 cm³/mol. The smallest absolute Gasteiger partial charge is 0.348 e. The van der Waals surface area contributed by atoms with Crippen molar-refractivity contribution >= 4 is 39.2 Å². The number of carbonyl (C=O) groups is 2. The molecule has 1 aliphatic heterocycles. The molecule has 3 rings (SSSR count). The molecule has 1 aliphatic rings. The first kappa shape index (κ1) is 17.6. The minimum atomic E-state index is -0.312. The van der Waals surface area contributed by atoms with Gasteiger partial charge in [-0.25, -0.2) is 14.8 Å². The normalized spacial score (nSPS) is 14.9. The number of anilines is 1. The third-order valence-corrected chi connectivity index (χ3v) is 5.53. The Balaban J connectivity index is 2.01. The van der Waals surface area contributed by atoms with Gasteiger partial charge in [0.1, 0.15) is 21.3 Å². The fourth-order valence-electron chi connectivity index (χ4n) is 3.07. The van der Waals surface area contributed by atoms with E-state index in [1.165, 1.54) is 11.3 Å². The fraction of sp³-hybridized carbons (Fsp3) is 0.529. The van der Waals surface area contributed by atoms with Crippen molar-refractivity contribution in [3.63, 3.8) is 0 Å².